The van der Waals surface area contributed by atoms with Crippen molar-refractivity contribution in [1.82, 2.24) is 35.3 Å². The van der Waals surface area contributed by atoms with Crippen LogP contribution in [0.5, 0.6) is 11.5 Å². The van der Waals surface area contributed by atoms with Crippen molar-refractivity contribution >= 4 is 74.1 Å². The first-order chi connectivity index (χ1) is 33.0. The van der Waals surface area contributed by atoms with E-state index in [1.54, 1.807) is 68.3 Å². The van der Waals surface area contributed by atoms with E-state index in [1.165, 1.54) is 23.6 Å². The summed E-state index contributed by atoms with van der Waals surface area (Å²) in [6.45, 7) is 6.81. The fourth-order valence-corrected chi connectivity index (χ4v) is 8.12. The topological polar surface area (TPSA) is 234 Å². The molecule has 0 saturated carbocycles. The normalized spacial score (nSPS) is 14.3. The minimum atomic E-state index is -1.41. The number of benzene rings is 3. The molecular weight excluding hydrogens is 944 g/mol. The van der Waals surface area contributed by atoms with Gasteiger partial charge in [0.15, 0.2) is 12.2 Å². The number of fused-ring (bicyclic) bond motifs is 1. The summed E-state index contributed by atoms with van der Waals surface area (Å²) in [5, 5.41) is 13.0. The van der Waals surface area contributed by atoms with E-state index >= 15 is 0 Å². The number of halogens is 1. The molecule has 68 heavy (non-hydrogen) atoms. The van der Waals surface area contributed by atoms with Gasteiger partial charge in [-0.05, 0) is 103 Å². The lowest BCUT2D eigenvalue weighted by Crippen LogP contribution is -2.75. The molecule has 0 unspecified atom stereocenters. The van der Waals surface area contributed by atoms with Gasteiger partial charge in [-0.15, -0.1) is 0 Å². The maximum atomic E-state index is 14.1. The molecule has 3 amide bonds. The maximum Gasteiger partial charge on any atom is 0.358 e. The molecule has 4 heterocycles. The molecular formula is C47H54BrN10O10+. The van der Waals surface area contributed by atoms with Gasteiger partial charge in [0.05, 0.1) is 61.5 Å². The van der Waals surface area contributed by atoms with Crippen molar-refractivity contribution in [3.05, 3.63) is 89.4 Å². The van der Waals surface area contributed by atoms with Crippen LogP contribution in [0.1, 0.15) is 45.1 Å². The molecule has 0 aliphatic carbocycles. The summed E-state index contributed by atoms with van der Waals surface area (Å²) < 4.78 is 28.3. The summed E-state index contributed by atoms with van der Waals surface area (Å²) in [5.41, 5.74) is 4.56. The SMILES string of the molecule is COc1cccc(CN(CCOC(=O)[C@H](C)OC(=O)[C@H](C)OC(=O)CCC(=O)N(C2=[NH+]CCN2)c2ccc3nccnc3c2Br)C(=O)Nc2ccc(-c3cn[nH]c3)cc2OCCN2CCCC2)c1. The molecule has 0 radical (unpaired) electrons. The highest BCUT2D eigenvalue weighted by molar-refractivity contribution is 9.10. The first-order valence-electron chi connectivity index (χ1n) is 22.3. The molecule has 1 fully saturated rings. The smallest absolute Gasteiger partial charge is 0.358 e. The molecule has 21 heteroatoms. The Morgan fingerprint density at radius 2 is 1.74 bits per heavy atom. The summed E-state index contributed by atoms with van der Waals surface area (Å²) in [6.07, 6.45) is 5.49. The van der Waals surface area contributed by atoms with Crippen LogP contribution in [0.4, 0.5) is 16.2 Å². The number of nitrogens with zero attached hydrogens (tertiary/aromatic N) is 6. The van der Waals surface area contributed by atoms with Gasteiger partial charge in [-0.2, -0.15) is 10.00 Å². The molecule has 20 nitrogen and oxygen atoms in total. The molecule has 358 valence electrons. The number of esters is 3. The van der Waals surface area contributed by atoms with Crippen molar-refractivity contribution in [3.63, 3.8) is 0 Å². The minimum Gasteiger partial charge on any atom is -0.497 e. The van der Waals surface area contributed by atoms with Crippen molar-refractivity contribution in [2.75, 3.05) is 69.8 Å². The molecule has 0 spiro atoms. The second-order valence-electron chi connectivity index (χ2n) is 15.9. The number of H-pyrrole nitrogens is 1. The maximum absolute atomic E-state index is 14.1. The molecule has 2 aliphatic rings. The van der Waals surface area contributed by atoms with Crippen molar-refractivity contribution in [2.24, 2.45) is 0 Å². The van der Waals surface area contributed by atoms with E-state index < -0.39 is 42.1 Å². The number of aromatic amines is 1. The monoisotopic (exact) mass is 997 g/mol. The van der Waals surface area contributed by atoms with Crippen LogP contribution in [0.2, 0.25) is 0 Å². The molecule has 7 rings (SSSR count). The second-order valence-corrected chi connectivity index (χ2v) is 16.7. The number of carbonyl (C=O) groups is 5. The molecule has 5 aromatic rings. The number of likely N-dealkylation sites (tertiary alicyclic amines) is 1. The third kappa shape index (κ3) is 12.8. The van der Waals surface area contributed by atoms with Gasteiger partial charge in [0.1, 0.15) is 35.9 Å². The van der Waals surface area contributed by atoms with Gasteiger partial charge in [-0.25, -0.2) is 14.4 Å². The van der Waals surface area contributed by atoms with Gasteiger partial charge in [0, 0.05) is 37.2 Å². The largest absolute Gasteiger partial charge is 0.497 e. The Kier molecular flexibility index (Phi) is 16.9. The molecule has 2 aromatic heterocycles. The van der Waals surface area contributed by atoms with Crippen LogP contribution < -0.4 is 30.0 Å². The number of nitrogens with one attached hydrogen (secondary N) is 4. The first-order valence-corrected chi connectivity index (χ1v) is 23.1. The minimum absolute atomic E-state index is 0.0465. The fourth-order valence-electron chi connectivity index (χ4n) is 7.51. The third-order valence-corrected chi connectivity index (χ3v) is 11.9. The van der Waals surface area contributed by atoms with Crippen LogP contribution in [0, 0.1) is 0 Å². The average Bonchev–Trinajstić information content (AvgIpc) is 4.18. The van der Waals surface area contributed by atoms with E-state index in [2.05, 4.69) is 56.6 Å². The number of amides is 3. The average molecular weight is 999 g/mol. The van der Waals surface area contributed by atoms with Gasteiger partial charge < -0.3 is 33.9 Å². The van der Waals surface area contributed by atoms with E-state index in [0.717, 1.165) is 49.2 Å². The van der Waals surface area contributed by atoms with Crippen LogP contribution in [0.25, 0.3) is 22.2 Å². The Labute approximate surface area is 400 Å². The number of anilines is 2. The Balaban J connectivity index is 0.924. The van der Waals surface area contributed by atoms with Crippen LogP contribution in [-0.2, 0) is 39.9 Å². The lowest BCUT2D eigenvalue weighted by molar-refractivity contribution is -0.445. The number of hydrogen-bond donors (Lipinski definition) is 4. The van der Waals surface area contributed by atoms with Gasteiger partial charge in [-0.3, -0.25) is 39.9 Å². The number of rotatable bonds is 20. The summed E-state index contributed by atoms with van der Waals surface area (Å²) in [5.74, 6) is -1.63. The van der Waals surface area contributed by atoms with E-state index in [4.69, 9.17) is 23.7 Å². The van der Waals surface area contributed by atoms with Crippen molar-refractivity contribution in [2.45, 2.75) is 58.3 Å². The third-order valence-electron chi connectivity index (χ3n) is 11.1. The van der Waals surface area contributed by atoms with Crippen LogP contribution in [0.15, 0.2) is 83.9 Å². The lowest BCUT2D eigenvalue weighted by Gasteiger charge is -2.25. The Hall–Kier alpha value is -7.13. The van der Waals surface area contributed by atoms with Crippen molar-refractivity contribution < 1.29 is 52.6 Å². The molecule has 3 aromatic carbocycles. The molecule has 2 aliphatic heterocycles. The van der Waals surface area contributed by atoms with Gasteiger partial charge in [0.25, 0.3) is 5.91 Å². The van der Waals surface area contributed by atoms with Gasteiger partial charge in [-0.1, -0.05) is 18.2 Å². The summed E-state index contributed by atoms with van der Waals surface area (Å²) in [4.78, 5) is 83.8. The number of aromatic nitrogens is 4. The van der Waals surface area contributed by atoms with E-state index in [-0.39, 0.29) is 32.5 Å². The van der Waals surface area contributed by atoms with Gasteiger partial charge >= 0.3 is 29.9 Å². The summed E-state index contributed by atoms with van der Waals surface area (Å²) in [7, 11) is 1.55. The molecule has 4 N–H and O–H groups in total. The van der Waals surface area contributed by atoms with E-state index in [0.29, 0.717) is 64.0 Å². The van der Waals surface area contributed by atoms with Crippen LogP contribution in [-0.4, -0.2) is 138 Å². The summed E-state index contributed by atoms with van der Waals surface area (Å²) >= 11 is 3.56. The summed E-state index contributed by atoms with van der Waals surface area (Å²) in [6, 6.07) is 15.7. The Morgan fingerprint density at radius 1 is 0.926 bits per heavy atom. The second kappa shape index (κ2) is 23.5. The predicted octanol–water partition coefficient (Wildman–Crippen LogP) is 3.56. The zero-order valence-electron chi connectivity index (χ0n) is 38.0. The highest BCUT2D eigenvalue weighted by Crippen LogP contribution is 2.33. The van der Waals surface area contributed by atoms with Crippen molar-refractivity contribution in [3.8, 4) is 22.6 Å². The van der Waals surface area contributed by atoms with E-state index in [1.807, 2.05) is 18.2 Å². The first kappa shape index (κ1) is 48.8. The van der Waals surface area contributed by atoms with Crippen molar-refractivity contribution in [1.29, 1.82) is 0 Å². The molecule has 0 bridgehead atoms. The van der Waals surface area contributed by atoms with Gasteiger partial charge in [0.2, 0.25) is 0 Å². The number of ether oxygens (including phenoxy) is 5. The highest BCUT2D eigenvalue weighted by atomic mass is 79.9. The van der Waals surface area contributed by atoms with E-state index in [9.17, 15) is 24.0 Å². The molecule has 2 atom stereocenters. The number of urea groups is 1. The Morgan fingerprint density at radius 3 is 2.50 bits per heavy atom. The zero-order valence-corrected chi connectivity index (χ0v) is 39.6. The quantitative estimate of drug-likeness (QED) is 0.0645. The number of methoxy groups -OCH3 is 1. The zero-order chi connectivity index (χ0) is 48.0. The number of carbonyl (C=O) groups excluding carboxylic acids is 5. The number of hydrogen-bond acceptors (Lipinski definition) is 15. The highest BCUT2D eigenvalue weighted by Gasteiger charge is 2.34. The Bertz CT molecular complexity index is 2610. The number of guanidine groups is 1. The predicted molar refractivity (Wildman–Crippen MR) is 252 cm³/mol. The van der Waals surface area contributed by atoms with Crippen LogP contribution >= 0.6 is 15.9 Å². The fraction of sp³-hybridized carbons (Fsp3) is 0.383. The standard InChI is InChI=1S/C47H53BrN10O10/c1-30(68-45(62)31(2)67-41(60)14-13-40(59)58(46-51-17-18-52-46)38-12-11-37-43(42(38)48)50-16-15-49-37)44(61)66-24-22-57(29-32-7-6-8-35(25-32)64-3)47(63)55-36-10-9-33(34-27-53-54-28-34)26-39(36)65-23-21-56-19-4-5-20-56/h6-12,15-16,25-28,30-31H,4-5,13-14,17-24,29H2,1-3H3,(H,51,52)(H,53,54)(H,55,63)/p+1/t30-,31-/m0/s1. The van der Waals surface area contributed by atoms with Crippen LogP contribution in [0.3, 0.4) is 0 Å². The lowest BCUT2D eigenvalue weighted by atomic mass is 10.1. The molecule has 1 saturated heterocycles.